The van der Waals surface area contributed by atoms with Crippen molar-refractivity contribution in [3.05, 3.63) is 39.9 Å². The van der Waals surface area contributed by atoms with Gasteiger partial charge in [-0.2, -0.15) is 0 Å². The highest BCUT2D eigenvalue weighted by molar-refractivity contribution is 7.90. The number of ether oxygens (including phenoxy) is 1. The molecule has 0 saturated carbocycles. The van der Waals surface area contributed by atoms with Crippen molar-refractivity contribution < 1.29 is 22.7 Å². The molecular weight excluding hydrogens is 464 g/mol. The first-order chi connectivity index (χ1) is 15.9. The Kier molecular flexibility index (Phi) is 6.11. The molecule has 1 fully saturated rings. The van der Waals surface area contributed by atoms with E-state index in [4.69, 9.17) is 4.74 Å². The number of hydrogen-bond donors (Lipinski definition) is 2. The molecule has 1 atom stereocenters. The van der Waals surface area contributed by atoms with E-state index in [0.29, 0.717) is 17.1 Å². The fourth-order valence-electron chi connectivity index (χ4n) is 4.56. The van der Waals surface area contributed by atoms with Gasteiger partial charge in [-0.15, -0.1) is 15.7 Å². The van der Waals surface area contributed by atoms with Crippen LogP contribution in [0.5, 0.6) is 0 Å². The van der Waals surface area contributed by atoms with Crippen LogP contribution in [0.3, 0.4) is 0 Å². The SMILES string of the molecule is O=C(Nc1sc2c(c1C(=O)NC[C@@H]1CCCO1)CCCC2)C1=CC=CN2CCS(=O)(=O)N=C12. The molecule has 3 aliphatic heterocycles. The molecule has 1 aromatic rings. The van der Waals surface area contributed by atoms with E-state index < -0.39 is 15.9 Å². The van der Waals surface area contributed by atoms with Crippen molar-refractivity contribution in [1.82, 2.24) is 10.2 Å². The van der Waals surface area contributed by atoms with Crippen molar-refractivity contribution >= 4 is 44.0 Å². The number of carbonyl (C=O) groups is 2. The van der Waals surface area contributed by atoms with Crippen LogP contribution in [-0.2, 0) is 32.4 Å². The predicted octanol–water partition coefficient (Wildman–Crippen LogP) is 1.97. The molecule has 5 rings (SSSR count). The van der Waals surface area contributed by atoms with Crippen molar-refractivity contribution in [2.75, 3.05) is 30.8 Å². The topological polar surface area (TPSA) is 117 Å². The molecule has 0 radical (unpaired) electrons. The Hall–Kier alpha value is -2.50. The summed E-state index contributed by atoms with van der Waals surface area (Å²) in [5.41, 5.74) is 1.68. The van der Waals surface area contributed by atoms with Crippen LogP contribution >= 0.6 is 11.3 Å². The summed E-state index contributed by atoms with van der Waals surface area (Å²) in [7, 11) is -3.61. The average Bonchev–Trinajstić information content (AvgIpc) is 3.44. The molecule has 2 N–H and O–H groups in total. The van der Waals surface area contributed by atoms with Crippen molar-refractivity contribution in [2.45, 2.75) is 44.6 Å². The van der Waals surface area contributed by atoms with Crippen LogP contribution in [0, 0.1) is 0 Å². The van der Waals surface area contributed by atoms with Gasteiger partial charge in [-0.25, -0.2) is 8.42 Å². The monoisotopic (exact) mass is 490 g/mol. The zero-order valence-electron chi connectivity index (χ0n) is 18.1. The molecule has 1 aliphatic carbocycles. The van der Waals surface area contributed by atoms with Crippen molar-refractivity contribution in [3.8, 4) is 0 Å². The maximum absolute atomic E-state index is 13.2. The van der Waals surface area contributed by atoms with Crippen LogP contribution in [0.25, 0.3) is 0 Å². The Morgan fingerprint density at radius 1 is 1.21 bits per heavy atom. The normalized spacial score (nSPS) is 23.3. The molecule has 0 bridgehead atoms. The number of rotatable bonds is 5. The summed E-state index contributed by atoms with van der Waals surface area (Å²) in [4.78, 5) is 29.2. The standard InChI is InChI=1S/C22H26N4O5S2/c27-20(16-7-3-9-26-10-12-33(29,30)25-19(16)26)24-22-18(15-6-1-2-8-17(15)32-22)21(28)23-13-14-5-4-11-31-14/h3,7,9,14H,1-2,4-6,8,10-13H2,(H,23,28)(H,24,27)/t14-/m0/s1. The predicted molar refractivity (Wildman–Crippen MR) is 126 cm³/mol. The van der Waals surface area contributed by atoms with Gasteiger partial charge in [0.15, 0.2) is 5.84 Å². The van der Waals surface area contributed by atoms with Gasteiger partial charge in [0, 0.05) is 30.8 Å². The second-order valence-electron chi connectivity index (χ2n) is 8.53. The van der Waals surface area contributed by atoms with Crippen LogP contribution in [0.15, 0.2) is 28.3 Å². The van der Waals surface area contributed by atoms with Gasteiger partial charge in [-0.3, -0.25) is 9.59 Å². The largest absolute Gasteiger partial charge is 0.376 e. The molecular formula is C22H26N4O5S2. The molecule has 0 spiro atoms. The summed E-state index contributed by atoms with van der Waals surface area (Å²) in [6.07, 6.45) is 10.6. The van der Waals surface area contributed by atoms with Crippen molar-refractivity contribution in [3.63, 3.8) is 0 Å². The van der Waals surface area contributed by atoms with Gasteiger partial charge < -0.3 is 20.3 Å². The van der Waals surface area contributed by atoms with E-state index in [9.17, 15) is 18.0 Å². The smallest absolute Gasteiger partial charge is 0.260 e. The van der Waals surface area contributed by atoms with Crippen LogP contribution in [0.4, 0.5) is 5.00 Å². The number of thiophene rings is 1. The Bertz CT molecular complexity index is 1180. The van der Waals surface area contributed by atoms with Gasteiger partial charge in [0.25, 0.3) is 21.8 Å². The lowest BCUT2D eigenvalue weighted by molar-refractivity contribution is -0.112. The van der Waals surface area contributed by atoms with Gasteiger partial charge in [-0.1, -0.05) is 0 Å². The minimum atomic E-state index is -3.61. The van der Waals surface area contributed by atoms with E-state index in [1.165, 1.54) is 11.3 Å². The maximum atomic E-state index is 13.2. The molecule has 1 saturated heterocycles. The number of carbonyl (C=O) groups excluding carboxylic acids is 2. The third-order valence-corrected chi connectivity index (χ3v) is 8.60. The van der Waals surface area contributed by atoms with E-state index in [-0.39, 0.29) is 35.7 Å². The minimum Gasteiger partial charge on any atom is -0.376 e. The van der Waals surface area contributed by atoms with Crippen molar-refractivity contribution in [2.24, 2.45) is 4.40 Å². The summed E-state index contributed by atoms with van der Waals surface area (Å²) in [5, 5.41) is 6.37. The number of hydrogen-bond acceptors (Lipinski definition) is 7. The molecule has 9 nitrogen and oxygen atoms in total. The zero-order valence-corrected chi connectivity index (χ0v) is 19.8. The number of fused-ring (bicyclic) bond motifs is 2. The van der Waals surface area contributed by atoms with Gasteiger partial charge >= 0.3 is 0 Å². The van der Waals surface area contributed by atoms with Crippen molar-refractivity contribution in [1.29, 1.82) is 0 Å². The first-order valence-corrected chi connectivity index (χ1v) is 13.7. The Balaban J connectivity index is 1.41. The number of aryl methyl sites for hydroxylation is 1. The van der Waals surface area contributed by atoms with E-state index in [0.717, 1.165) is 55.6 Å². The minimum absolute atomic E-state index is 0.0258. The summed E-state index contributed by atoms with van der Waals surface area (Å²) < 4.78 is 33.5. The highest BCUT2D eigenvalue weighted by Crippen LogP contribution is 2.38. The molecule has 4 heterocycles. The quantitative estimate of drug-likeness (QED) is 0.652. The highest BCUT2D eigenvalue weighted by Gasteiger charge is 2.32. The van der Waals surface area contributed by atoms with E-state index in [2.05, 4.69) is 15.0 Å². The van der Waals surface area contributed by atoms with Gasteiger partial charge in [0.2, 0.25) is 0 Å². The summed E-state index contributed by atoms with van der Waals surface area (Å²) in [6.45, 7) is 1.40. The number of amides is 2. The van der Waals surface area contributed by atoms with Gasteiger partial charge in [0.1, 0.15) is 5.00 Å². The molecule has 1 aromatic heterocycles. The molecule has 4 aliphatic rings. The molecule has 0 unspecified atom stereocenters. The Morgan fingerprint density at radius 2 is 2.06 bits per heavy atom. The molecule has 2 amide bonds. The fraction of sp³-hybridized carbons (Fsp3) is 0.500. The van der Waals surface area contributed by atoms with E-state index >= 15 is 0 Å². The maximum Gasteiger partial charge on any atom is 0.260 e. The number of allylic oxidation sites excluding steroid dienone is 2. The molecule has 0 aromatic carbocycles. The first kappa shape index (κ1) is 22.3. The number of anilines is 1. The number of nitrogens with one attached hydrogen (secondary N) is 2. The summed E-state index contributed by atoms with van der Waals surface area (Å²) in [5.74, 6) is -0.668. The molecule has 11 heteroatoms. The molecule has 176 valence electrons. The van der Waals surface area contributed by atoms with Crippen LogP contribution in [0.1, 0.15) is 46.5 Å². The Labute approximate surface area is 196 Å². The summed E-state index contributed by atoms with van der Waals surface area (Å²) >= 11 is 1.43. The van der Waals surface area contributed by atoms with Gasteiger partial charge in [-0.05, 0) is 56.2 Å². The van der Waals surface area contributed by atoms with Gasteiger partial charge in [0.05, 0.1) is 23.0 Å². The summed E-state index contributed by atoms with van der Waals surface area (Å²) in [6, 6.07) is 0. The van der Waals surface area contributed by atoms with Crippen LogP contribution < -0.4 is 10.6 Å². The molecule has 33 heavy (non-hydrogen) atoms. The fourth-order valence-corrected chi connectivity index (χ4v) is 6.83. The Morgan fingerprint density at radius 3 is 2.88 bits per heavy atom. The number of amidine groups is 1. The first-order valence-electron chi connectivity index (χ1n) is 11.2. The highest BCUT2D eigenvalue weighted by atomic mass is 32.2. The number of nitrogens with zero attached hydrogens (tertiary/aromatic N) is 2. The zero-order chi connectivity index (χ0) is 23.0. The lowest BCUT2D eigenvalue weighted by atomic mass is 9.95. The second kappa shape index (κ2) is 9.03. The lowest BCUT2D eigenvalue weighted by Gasteiger charge is -2.28. The van der Waals surface area contributed by atoms with Crippen LogP contribution in [-0.4, -0.2) is 62.5 Å². The third kappa shape index (κ3) is 4.62. The lowest BCUT2D eigenvalue weighted by Crippen LogP contribution is -2.41. The third-order valence-electron chi connectivity index (χ3n) is 6.24. The van der Waals surface area contributed by atoms with E-state index in [1.54, 1.807) is 23.3 Å². The average molecular weight is 491 g/mol. The second-order valence-corrected chi connectivity index (χ2v) is 11.4. The van der Waals surface area contributed by atoms with Crippen LogP contribution in [0.2, 0.25) is 0 Å². The number of sulfonamides is 1. The van der Waals surface area contributed by atoms with E-state index in [1.807, 2.05) is 0 Å².